The van der Waals surface area contributed by atoms with Gasteiger partial charge < -0.3 is 0 Å². The smallest absolute Gasteiger partial charge is 0.00391 e. The van der Waals surface area contributed by atoms with Gasteiger partial charge in [0.1, 0.15) is 0 Å². The van der Waals surface area contributed by atoms with Gasteiger partial charge in [-0.05, 0) is 89.4 Å². The van der Waals surface area contributed by atoms with Crippen LogP contribution in [0.1, 0.15) is 70.4 Å². The average molecular weight is 345 g/mol. The molecule has 0 saturated heterocycles. The summed E-state index contributed by atoms with van der Waals surface area (Å²) in [5, 5.41) is 0. The summed E-state index contributed by atoms with van der Waals surface area (Å²) in [4.78, 5) is 0. The summed E-state index contributed by atoms with van der Waals surface area (Å²) in [6.45, 7) is 6.84. The molecule has 4 fully saturated rings. The lowest BCUT2D eigenvalue weighted by Crippen LogP contribution is -2.48. The fourth-order valence-electron chi connectivity index (χ4n) is 6.64. The van der Waals surface area contributed by atoms with Crippen molar-refractivity contribution < 1.29 is 0 Å². The average Bonchev–Trinajstić information content (AvgIpc) is 2.60. The summed E-state index contributed by atoms with van der Waals surface area (Å²) >= 11 is 0. The van der Waals surface area contributed by atoms with Gasteiger partial charge in [0.25, 0.3) is 0 Å². The number of rotatable bonds is 2. The first-order valence-corrected chi connectivity index (χ1v) is 10.6. The van der Waals surface area contributed by atoms with E-state index in [2.05, 4.69) is 69.3 Å². The minimum absolute atomic E-state index is 0.223. The number of benzene rings is 2. The predicted molar refractivity (Wildman–Crippen MR) is 110 cm³/mol. The second-order valence-electron chi connectivity index (χ2n) is 10.6. The molecule has 4 saturated carbocycles. The molecule has 4 aliphatic carbocycles. The third kappa shape index (κ3) is 2.73. The fourth-order valence-corrected chi connectivity index (χ4v) is 6.64. The van der Waals surface area contributed by atoms with Gasteiger partial charge in [-0.25, -0.2) is 0 Å². The van der Waals surface area contributed by atoms with Crippen LogP contribution in [0.25, 0.3) is 11.1 Å². The second-order valence-corrected chi connectivity index (χ2v) is 10.6. The van der Waals surface area contributed by atoms with Gasteiger partial charge in [-0.3, -0.25) is 0 Å². The third-order valence-corrected chi connectivity index (χ3v) is 7.62. The van der Waals surface area contributed by atoms with Crippen molar-refractivity contribution >= 4 is 0 Å². The number of hydrogen-bond acceptors (Lipinski definition) is 0. The molecule has 6 rings (SSSR count). The summed E-state index contributed by atoms with van der Waals surface area (Å²) < 4.78 is 0. The van der Waals surface area contributed by atoms with Crippen LogP contribution in [-0.4, -0.2) is 0 Å². The zero-order chi connectivity index (χ0) is 17.9. The maximum Gasteiger partial charge on any atom is -0.00391 e. The molecule has 4 bridgehead atoms. The SMILES string of the molecule is CC(C)(C)c1ccc(-c2ccc(C34CC5CC(CC(C5)C3)C4)cc2)cc1. The molecule has 2 aromatic carbocycles. The standard InChI is InChI=1S/C26H32/c1-25(2,3)23-8-4-21(5-9-23)22-6-10-24(11-7-22)26-15-18-12-19(16-26)14-20(13-18)17-26/h4-11,18-20H,12-17H2,1-3H3. The lowest BCUT2D eigenvalue weighted by atomic mass is 9.48. The van der Waals surface area contributed by atoms with E-state index in [-0.39, 0.29) is 5.41 Å². The minimum atomic E-state index is 0.223. The van der Waals surface area contributed by atoms with Crippen molar-refractivity contribution in [2.24, 2.45) is 17.8 Å². The van der Waals surface area contributed by atoms with Crippen molar-refractivity contribution in [3.05, 3.63) is 59.7 Å². The molecule has 0 heteroatoms. The van der Waals surface area contributed by atoms with Crippen LogP contribution in [0.5, 0.6) is 0 Å². The van der Waals surface area contributed by atoms with E-state index in [1.54, 1.807) is 5.56 Å². The molecule has 0 atom stereocenters. The predicted octanol–water partition coefficient (Wildman–Crippen LogP) is 7.12. The van der Waals surface area contributed by atoms with E-state index < -0.39 is 0 Å². The Labute approximate surface area is 159 Å². The zero-order valence-electron chi connectivity index (χ0n) is 16.6. The highest BCUT2D eigenvalue weighted by molar-refractivity contribution is 5.64. The zero-order valence-corrected chi connectivity index (χ0v) is 16.6. The Bertz CT molecular complexity index is 750. The van der Waals surface area contributed by atoms with E-state index >= 15 is 0 Å². The van der Waals surface area contributed by atoms with Crippen LogP contribution in [0.4, 0.5) is 0 Å². The monoisotopic (exact) mass is 344 g/mol. The van der Waals surface area contributed by atoms with Gasteiger partial charge in [0.05, 0.1) is 0 Å². The molecule has 0 aliphatic heterocycles. The van der Waals surface area contributed by atoms with Crippen LogP contribution in [0, 0.1) is 17.8 Å². The normalized spacial score (nSPS) is 32.8. The maximum atomic E-state index is 2.46. The summed E-state index contributed by atoms with van der Waals surface area (Å²) in [6.07, 6.45) is 8.95. The Kier molecular flexibility index (Phi) is 3.65. The Morgan fingerprint density at radius 2 is 1.08 bits per heavy atom. The van der Waals surface area contributed by atoms with Crippen molar-refractivity contribution in [1.29, 1.82) is 0 Å². The van der Waals surface area contributed by atoms with Gasteiger partial charge in [0.2, 0.25) is 0 Å². The lowest BCUT2D eigenvalue weighted by molar-refractivity contribution is -0.00518. The van der Waals surface area contributed by atoms with Crippen LogP contribution in [0.15, 0.2) is 48.5 Å². The Morgan fingerprint density at radius 1 is 0.654 bits per heavy atom. The molecule has 4 aliphatic rings. The highest BCUT2D eigenvalue weighted by Gasteiger charge is 2.51. The van der Waals surface area contributed by atoms with E-state index in [0.717, 1.165) is 17.8 Å². The number of hydrogen-bond donors (Lipinski definition) is 0. The van der Waals surface area contributed by atoms with E-state index in [4.69, 9.17) is 0 Å². The topological polar surface area (TPSA) is 0 Å². The molecule has 0 spiro atoms. The van der Waals surface area contributed by atoms with Gasteiger partial charge in [0, 0.05) is 0 Å². The van der Waals surface area contributed by atoms with Crippen molar-refractivity contribution in [3.8, 4) is 11.1 Å². The molecule has 136 valence electrons. The van der Waals surface area contributed by atoms with Crippen molar-refractivity contribution in [3.63, 3.8) is 0 Å². The summed E-state index contributed by atoms with van der Waals surface area (Å²) in [5.74, 6) is 3.06. The van der Waals surface area contributed by atoms with E-state index in [1.165, 1.54) is 55.2 Å². The molecule has 2 aromatic rings. The van der Waals surface area contributed by atoms with Crippen molar-refractivity contribution in [2.45, 2.75) is 70.1 Å². The minimum Gasteiger partial charge on any atom is -0.0579 e. The molecule has 0 unspecified atom stereocenters. The molecular formula is C26H32. The molecule has 0 radical (unpaired) electrons. The van der Waals surface area contributed by atoms with Crippen molar-refractivity contribution in [1.82, 2.24) is 0 Å². The third-order valence-electron chi connectivity index (χ3n) is 7.62. The van der Waals surface area contributed by atoms with Crippen molar-refractivity contribution in [2.75, 3.05) is 0 Å². The van der Waals surface area contributed by atoms with Crippen LogP contribution in [-0.2, 0) is 10.8 Å². The first-order chi connectivity index (χ1) is 12.4. The molecule has 0 N–H and O–H groups in total. The molecular weight excluding hydrogens is 312 g/mol. The van der Waals surface area contributed by atoms with E-state index in [1.807, 2.05) is 0 Å². The molecule has 0 amide bonds. The lowest BCUT2D eigenvalue weighted by Gasteiger charge is -2.57. The second kappa shape index (κ2) is 5.72. The Hall–Kier alpha value is -1.56. The largest absolute Gasteiger partial charge is 0.0579 e. The van der Waals surface area contributed by atoms with E-state index in [0.29, 0.717) is 5.41 Å². The summed E-state index contributed by atoms with van der Waals surface area (Å²) in [7, 11) is 0. The van der Waals surface area contributed by atoms with Gasteiger partial charge in [0.15, 0.2) is 0 Å². The highest BCUT2D eigenvalue weighted by atomic mass is 14.6. The molecule has 0 heterocycles. The maximum absolute atomic E-state index is 2.46. The Morgan fingerprint density at radius 3 is 1.50 bits per heavy atom. The summed E-state index contributed by atoms with van der Waals surface area (Å²) in [5.41, 5.74) is 6.48. The first-order valence-electron chi connectivity index (χ1n) is 10.6. The van der Waals surface area contributed by atoms with Crippen LogP contribution < -0.4 is 0 Å². The van der Waals surface area contributed by atoms with Crippen LogP contribution in [0.2, 0.25) is 0 Å². The highest BCUT2D eigenvalue weighted by Crippen LogP contribution is 2.60. The molecule has 26 heavy (non-hydrogen) atoms. The Balaban J connectivity index is 1.41. The van der Waals surface area contributed by atoms with Gasteiger partial charge in [-0.1, -0.05) is 69.3 Å². The first kappa shape index (κ1) is 16.6. The summed E-state index contributed by atoms with van der Waals surface area (Å²) in [6, 6.07) is 18.8. The van der Waals surface area contributed by atoms with Crippen LogP contribution in [0.3, 0.4) is 0 Å². The quantitative estimate of drug-likeness (QED) is 0.544. The fraction of sp³-hybridized carbons (Fsp3) is 0.538. The van der Waals surface area contributed by atoms with Gasteiger partial charge >= 0.3 is 0 Å². The van der Waals surface area contributed by atoms with E-state index in [9.17, 15) is 0 Å². The van der Waals surface area contributed by atoms with Crippen LogP contribution >= 0.6 is 0 Å². The van der Waals surface area contributed by atoms with Gasteiger partial charge in [-0.2, -0.15) is 0 Å². The molecule has 0 nitrogen and oxygen atoms in total. The molecule has 0 aromatic heterocycles. The van der Waals surface area contributed by atoms with Gasteiger partial charge in [-0.15, -0.1) is 0 Å².